The van der Waals surface area contributed by atoms with Crippen molar-refractivity contribution >= 4 is 5.91 Å². The number of nitrogens with one attached hydrogen (secondary N) is 1. The van der Waals surface area contributed by atoms with E-state index in [2.05, 4.69) is 25.0 Å². The zero-order valence-electron chi connectivity index (χ0n) is 19.0. The number of aromatic nitrogens is 3. The van der Waals surface area contributed by atoms with Crippen LogP contribution in [0.5, 0.6) is 17.2 Å². The van der Waals surface area contributed by atoms with Crippen LogP contribution in [-0.4, -0.2) is 64.5 Å². The molecule has 0 aliphatic carbocycles. The number of fused-ring (bicyclic) bond motifs is 1. The Balaban J connectivity index is 1.32. The Morgan fingerprint density at radius 3 is 2.55 bits per heavy atom. The Hall–Kier alpha value is -3.59. The summed E-state index contributed by atoms with van der Waals surface area (Å²) in [5, 5.41) is 21.9. The number of amides is 1. The van der Waals surface area contributed by atoms with Gasteiger partial charge in [0.05, 0.1) is 14.2 Å². The molecule has 2 aromatic carbocycles. The molecule has 2 N–H and O–H groups in total. The summed E-state index contributed by atoms with van der Waals surface area (Å²) >= 11 is 0. The summed E-state index contributed by atoms with van der Waals surface area (Å²) < 4.78 is 12.6. The summed E-state index contributed by atoms with van der Waals surface area (Å²) in [6.45, 7) is 3.50. The molecular weight excluding hydrogens is 422 g/mol. The summed E-state index contributed by atoms with van der Waals surface area (Å²) in [7, 11) is 3.22. The lowest BCUT2D eigenvalue weighted by Crippen LogP contribution is -2.28. The summed E-state index contributed by atoms with van der Waals surface area (Å²) in [5.74, 6) is 3.40. The molecule has 1 aliphatic heterocycles. The normalized spacial score (nSPS) is 13.8. The first-order chi connectivity index (χ1) is 16.1. The second-order valence-electron chi connectivity index (χ2n) is 7.94. The zero-order chi connectivity index (χ0) is 23.2. The van der Waals surface area contributed by atoms with Gasteiger partial charge in [-0.3, -0.25) is 9.69 Å². The number of benzene rings is 2. The molecule has 0 atom stereocenters. The fourth-order valence-corrected chi connectivity index (χ4v) is 3.96. The first-order valence-corrected chi connectivity index (χ1v) is 11.0. The second-order valence-corrected chi connectivity index (χ2v) is 7.94. The van der Waals surface area contributed by atoms with E-state index >= 15 is 0 Å². The third-order valence-corrected chi connectivity index (χ3v) is 5.86. The van der Waals surface area contributed by atoms with E-state index in [0.717, 1.165) is 49.0 Å². The van der Waals surface area contributed by atoms with Crippen molar-refractivity contribution in [1.29, 1.82) is 0 Å². The molecule has 2 heterocycles. The topological polar surface area (TPSA) is 102 Å². The monoisotopic (exact) mass is 451 g/mol. The molecule has 0 unspecified atom stereocenters. The lowest BCUT2D eigenvalue weighted by molar-refractivity contribution is 0.0954. The molecule has 0 fully saturated rings. The maximum absolute atomic E-state index is 12.4. The molecule has 1 amide bonds. The highest BCUT2D eigenvalue weighted by molar-refractivity contribution is 5.94. The van der Waals surface area contributed by atoms with Crippen molar-refractivity contribution in [1.82, 2.24) is 25.0 Å². The van der Waals surface area contributed by atoms with Crippen molar-refractivity contribution in [2.75, 3.05) is 33.9 Å². The standard InChI is InChI=1S/C24H29N5O4/c1-32-19-5-3-17(4-6-19)24(31)25-11-9-22-26-27-23-10-12-28(13-14-29(22)23)16-18-15-20(33-2)7-8-21(18)30/h3-8,15,30H,9-14,16H2,1-2H3,(H,25,31). The fourth-order valence-electron chi connectivity index (χ4n) is 3.96. The van der Waals surface area contributed by atoms with Gasteiger partial charge in [-0.2, -0.15) is 0 Å². The number of rotatable bonds is 8. The van der Waals surface area contributed by atoms with E-state index in [1.807, 2.05) is 6.07 Å². The minimum atomic E-state index is -0.127. The van der Waals surface area contributed by atoms with Crippen LogP contribution in [0.4, 0.5) is 0 Å². The summed E-state index contributed by atoms with van der Waals surface area (Å²) in [5.41, 5.74) is 1.43. The number of ether oxygens (including phenoxy) is 2. The van der Waals surface area contributed by atoms with Crippen LogP contribution in [0, 0.1) is 0 Å². The molecule has 174 valence electrons. The highest BCUT2D eigenvalue weighted by Gasteiger charge is 2.20. The minimum Gasteiger partial charge on any atom is -0.508 e. The van der Waals surface area contributed by atoms with Crippen LogP contribution in [0.25, 0.3) is 0 Å². The maximum atomic E-state index is 12.4. The molecular formula is C24H29N5O4. The largest absolute Gasteiger partial charge is 0.508 e. The molecule has 1 aromatic heterocycles. The average molecular weight is 452 g/mol. The molecule has 3 aromatic rings. The van der Waals surface area contributed by atoms with Crippen molar-refractivity contribution in [2.24, 2.45) is 0 Å². The fraction of sp³-hybridized carbons (Fsp3) is 0.375. The van der Waals surface area contributed by atoms with Crippen LogP contribution in [0.1, 0.15) is 27.6 Å². The van der Waals surface area contributed by atoms with Gasteiger partial charge >= 0.3 is 0 Å². The smallest absolute Gasteiger partial charge is 0.251 e. The van der Waals surface area contributed by atoms with Gasteiger partial charge < -0.3 is 24.5 Å². The van der Waals surface area contributed by atoms with Crippen LogP contribution in [0.2, 0.25) is 0 Å². The third kappa shape index (κ3) is 5.43. The number of hydrogen-bond acceptors (Lipinski definition) is 7. The minimum absolute atomic E-state index is 0.127. The molecule has 0 spiro atoms. The predicted octanol–water partition coefficient (Wildman–Crippen LogP) is 2.03. The van der Waals surface area contributed by atoms with Crippen LogP contribution >= 0.6 is 0 Å². The van der Waals surface area contributed by atoms with Crippen LogP contribution in [-0.2, 0) is 25.9 Å². The Morgan fingerprint density at radius 2 is 1.79 bits per heavy atom. The molecule has 0 saturated carbocycles. The van der Waals surface area contributed by atoms with Gasteiger partial charge in [-0.25, -0.2) is 0 Å². The van der Waals surface area contributed by atoms with Crippen LogP contribution in [0.3, 0.4) is 0 Å². The number of phenolic OH excluding ortho intramolecular Hbond substituents is 1. The van der Waals surface area contributed by atoms with Gasteiger partial charge in [-0.1, -0.05) is 0 Å². The van der Waals surface area contributed by atoms with Crippen molar-refractivity contribution in [3.05, 3.63) is 65.2 Å². The van der Waals surface area contributed by atoms with Gasteiger partial charge in [0.2, 0.25) is 0 Å². The lowest BCUT2D eigenvalue weighted by atomic mass is 10.1. The molecule has 1 aliphatic rings. The van der Waals surface area contributed by atoms with E-state index in [-0.39, 0.29) is 11.7 Å². The predicted molar refractivity (Wildman–Crippen MR) is 123 cm³/mol. The Kier molecular flexibility index (Phi) is 7.09. The third-order valence-electron chi connectivity index (χ3n) is 5.86. The second kappa shape index (κ2) is 10.4. The van der Waals surface area contributed by atoms with E-state index in [1.54, 1.807) is 50.6 Å². The van der Waals surface area contributed by atoms with Crippen LogP contribution in [0.15, 0.2) is 42.5 Å². The van der Waals surface area contributed by atoms with E-state index in [0.29, 0.717) is 30.8 Å². The summed E-state index contributed by atoms with van der Waals surface area (Å²) in [4.78, 5) is 14.7. The Bertz CT molecular complexity index is 1100. The number of carbonyl (C=O) groups is 1. The van der Waals surface area contributed by atoms with Gasteiger partial charge in [-0.15, -0.1) is 10.2 Å². The first-order valence-electron chi connectivity index (χ1n) is 11.0. The zero-order valence-corrected chi connectivity index (χ0v) is 19.0. The number of phenols is 1. The number of nitrogens with zero attached hydrogens (tertiary/aromatic N) is 4. The van der Waals surface area contributed by atoms with E-state index in [1.165, 1.54) is 0 Å². The van der Waals surface area contributed by atoms with Gasteiger partial charge in [-0.05, 0) is 42.5 Å². The van der Waals surface area contributed by atoms with Gasteiger partial charge in [0.15, 0.2) is 0 Å². The first kappa shape index (κ1) is 22.6. The average Bonchev–Trinajstić information content (AvgIpc) is 3.11. The van der Waals surface area contributed by atoms with E-state index in [9.17, 15) is 9.90 Å². The Labute approximate surface area is 193 Å². The summed E-state index contributed by atoms with van der Waals surface area (Å²) in [6.07, 6.45) is 1.38. The van der Waals surface area contributed by atoms with Gasteiger partial charge in [0, 0.05) is 56.7 Å². The van der Waals surface area contributed by atoms with Crippen molar-refractivity contribution in [3.63, 3.8) is 0 Å². The quantitative estimate of drug-likeness (QED) is 0.540. The molecule has 33 heavy (non-hydrogen) atoms. The van der Waals surface area contributed by atoms with Gasteiger partial charge in [0.25, 0.3) is 5.91 Å². The van der Waals surface area contributed by atoms with Crippen molar-refractivity contribution < 1.29 is 19.4 Å². The molecule has 0 bridgehead atoms. The highest BCUT2D eigenvalue weighted by Crippen LogP contribution is 2.25. The van der Waals surface area contributed by atoms with E-state index < -0.39 is 0 Å². The number of carbonyl (C=O) groups excluding carboxylic acids is 1. The SMILES string of the molecule is COc1ccc(C(=O)NCCc2nnc3n2CCN(Cc2cc(OC)ccc2O)CC3)cc1. The maximum Gasteiger partial charge on any atom is 0.251 e. The van der Waals surface area contributed by atoms with Crippen molar-refractivity contribution in [3.8, 4) is 17.2 Å². The van der Waals surface area contributed by atoms with Crippen LogP contribution < -0.4 is 14.8 Å². The van der Waals surface area contributed by atoms with Crippen molar-refractivity contribution in [2.45, 2.75) is 25.9 Å². The molecule has 9 heteroatoms. The molecule has 9 nitrogen and oxygen atoms in total. The van der Waals surface area contributed by atoms with Gasteiger partial charge in [0.1, 0.15) is 28.9 Å². The number of aromatic hydroxyl groups is 1. The molecule has 0 radical (unpaired) electrons. The highest BCUT2D eigenvalue weighted by atomic mass is 16.5. The molecule has 4 rings (SSSR count). The summed E-state index contributed by atoms with van der Waals surface area (Å²) in [6, 6.07) is 12.3. The van der Waals surface area contributed by atoms with E-state index in [4.69, 9.17) is 9.47 Å². The Morgan fingerprint density at radius 1 is 1.03 bits per heavy atom. The lowest BCUT2D eigenvalue weighted by Gasteiger charge is -2.20. The molecule has 0 saturated heterocycles. The number of hydrogen-bond donors (Lipinski definition) is 2. The number of methoxy groups -OCH3 is 2.